The molecule has 3 N–H and O–H groups in total. The second-order valence-electron chi connectivity index (χ2n) is 5.87. The topological polar surface area (TPSA) is 63.4 Å². The van der Waals surface area contributed by atoms with E-state index < -0.39 is 0 Å². The van der Waals surface area contributed by atoms with Gasteiger partial charge in [-0.25, -0.2) is 4.98 Å². The highest BCUT2D eigenvalue weighted by Gasteiger charge is 2.32. The summed E-state index contributed by atoms with van der Waals surface area (Å²) in [7, 11) is 0. The number of thiazole rings is 1. The molecule has 2 aromatic rings. The van der Waals surface area contributed by atoms with Gasteiger partial charge in [0, 0.05) is 24.8 Å². The quantitative estimate of drug-likeness (QED) is 0.851. The number of benzene rings is 1. The SMILES string of the molecule is Nc1ccc2nc(NCC3CN4CCCC4CO3)sc2c1. The fraction of sp³-hybridized carbons (Fsp3) is 0.533. The molecule has 0 amide bonds. The Bertz CT molecular complexity index is 644. The van der Waals surface area contributed by atoms with E-state index in [0.29, 0.717) is 6.04 Å². The minimum Gasteiger partial charge on any atom is -0.399 e. The highest BCUT2D eigenvalue weighted by Crippen LogP contribution is 2.28. The first-order valence-electron chi connectivity index (χ1n) is 7.53. The van der Waals surface area contributed by atoms with Crippen molar-refractivity contribution >= 4 is 32.4 Å². The fourth-order valence-electron chi connectivity index (χ4n) is 3.23. The number of nitrogens with zero attached hydrogens (tertiary/aromatic N) is 2. The first-order valence-corrected chi connectivity index (χ1v) is 8.35. The second kappa shape index (κ2) is 5.44. The Balaban J connectivity index is 1.39. The summed E-state index contributed by atoms with van der Waals surface area (Å²) < 4.78 is 7.09. The van der Waals surface area contributed by atoms with Crippen molar-refractivity contribution in [2.45, 2.75) is 25.0 Å². The second-order valence-corrected chi connectivity index (χ2v) is 6.90. The molecule has 2 unspecified atom stereocenters. The molecule has 2 atom stereocenters. The number of nitrogen functional groups attached to an aromatic ring is 1. The standard InChI is InChI=1S/C15H20N4OS/c16-10-3-4-13-14(6-10)21-15(18-13)17-7-12-8-19-5-1-2-11(19)9-20-12/h3-4,6,11-12H,1-2,5,7-9,16H2,(H,17,18). The van der Waals surface area contributed by atoms with Crippen molar-refractivity contribution in [3.8, 4) is 0 Å². The maximum Gasteiger partial charge on any atom is 0.183 e. The summed E-state index contributed by atoms with van der Waals surface area (Å²) in [6.07, 6.45) is 2.86. The third kappa shape index (κ3) is 2.71. The third-order valence-electron chi connectivity index (χ3n) is 4.35. The van der Waals surface area contributed by atoms with Gasteiger partial charge in [-0.15, -0.1) is 0 Å². The lowest BCUT2D eigenvalue weighted by atomic mass is 10.2. The molecular weight excluding hydrogens is 284 g/mol. The number of aromatic nitrogens is 1. The number of morpholine rings is 1. The van der Waals surface area contributed by atoms with E-state index in [4.69, 9.17) is 10.5 Å². The zero-order chi connectivity index (χ0) is 14.2. The van der Waals surface area contributed by atoms with Crippen LogP contribution in [0.4, 0.5) is 10.8 Å². The summed E-state index contributed by atoms with van der Waals surface area (Å²) >= 11 is 1.65. The highest BCUT2D eigenvalue weighted by molar-refractivity contribution is 7.22. The van der Waals surface area contributed by atoms with Crippen molar-refractivity contribution < 1.29 is 4.74 Å². The lowest BCUT2D eigenvalue weighted by molar-refractivity contribution is -0.0415. The molecular formula is C15H20N4OS. The molecule has 4 rings (SSSR count). The van der Waals surface area contributed by atoms with E-state index in [9.17, 15) is 0 Å². The van der Waals surface area contributed by atoms with E-state index in [1.165, 1.54) is 19.4 Å². The van der Waals surface area contributed by atoms with Crippen LogP contribution >= 0.6 is 11.3 Å². The van der Waals surface area contributed by atoms with Crippen molar-refractivity contribution in [2.75, 3.05) is 37.3 Å². The number of nitrogens with two attached hydrogens (primary N) is 1. The Morgan fingerprint density at radius 2 is 2.43 bits per heavy atom. The Kier molecular flexibility index (Phi) is 3.45. The predicted octanol–water partition coefficient (Wildman–Crippen LogP) is 2.15. The maximum absolute atomic E-state index is 5.96. The molecule has 3 heterocycles. The first kappa shape index (κ1) is 13.3. The summed E-state index contributed by atoms with van der Waals surface area (Å²) in [5, 5.41) is 4.37. The number of nitrogens with one attached hydrogen (secondary N) is 1. The van der Waals surface area contributed by atoms with E-state index in [-0.39, 0.29) is 6.10 Å². The van der Waals surface area contributed by atoms with Gasteiger partial charge in [-0.2, -0.15) is 0 Å². The minimum absolute atomic E-state index is 0.261. The van der Waals surface area contributed by atoms with E-state index in [0.717, 1.165) is 40.7 Å². The number of fused-ring (bicyclic) bond motifs is 2. The van der Waals surface area contributed by atoms with Gasteiger partial charge in [-0.3, -0.25) is 4.90 Å². The summed E-state index contributed by atoms with van der Waals surface area (Å²) in [6, 6.07) is 6.50. The third-order valence-corrected chi connectivity index (χ3v) is 5.33. The molecule has 0 spiro atoms. The van der Waals surface area contributed by atoms with Crippen LogP contribution in [0, 0.1) is 0 Å². The van der Waals surface area contributed by atoms with Crippen LogP contribution in [-0.2, 0) is 4.74 Å². The molecule has 2 fully saturated rings. The zero-order valence-corrected chi connectivity index (χ0v) is 12.7. The molecule has 0 bridgehead atoms. The molecule has 1 aromatic carbocycles. The molecule has 1 aromatic heterocycles. The molecule has 21 heavy (non-hydrogen) atoms. The van der Waals surface area contributed by atoms with Gasteiger partial charge in [0.25, 0.3) is 0 Å². The highest BCUT2D eigenvalue weighted by atomic mass is 32.1. The molecule has 2 saturated heterocycles. The zero-order valence-electron chi connectivity index (χ0n) is 11.9. The number of ether oxygens (including phenoxy) is 1. The number of hydrogen-bond donors (Lipinski definition) is 2. The normalized spacial score (nSPS) is 26.1. The van der Waals surface area contributed by atoms with E-state index in [1.54, 1.807) is 11.3 Å². The minimum atomic E-state index is 0.261. The van der Waals surface area contributed by atoms with Gasteiger partial charge in [-0.1, -0.05) is 11.3 Å². The van der Waals surface area contributed by atoms with Crippen LogP contribution in [0.15, 0.2) is 18.2 Å². The van der Waals surface area contributed by atoms with E-state index in [2.05, 4.69) is 15.2 Å². The Labute approximate surface area is 128 Å². The summed E-state index contributed by atoms with van der Waals surface area (Å²) in [6.45, 7) is 3.96. The van der Waals surface area contributed by atoms with Crippen LogP contribution in [0.1, 0.15) is 12.8 Å². The average Bonchev–Trinajstić information content (AvgIpc) is 3.09. The lowest BCUT2D eigenvalue weighted by Gasteiger charge is -2.35. The summed E-state index contributed by atoms with van der Waals surface area (Å²) in [5.41, 5.74) is 7.59. The van der Waals surface area contributed by atoms with Crippen LogP contribution in [0.25, 0.3) is 10.2 Å². The van der Waals surface area contributed by atoms with Gasteiger partial charge in [0.15, 0.2) is 5.13 Å². The molecule has 0 aliphatic carbocycles. The van der Waals surface area contributed by atoms with Crippen molar-refractivity contribution in [1.82, 2.24) is 9.88 Å². The van der Waals surface area contributed by atoms with Gasteiger partial charge < -0.3 is 15.8 Å². The number of anilines is 2. The molecule has 5 nitrogen and oxygen atoms in total. The van der Waals surface area contributed by atoms with Gasteiger partial charge in [0.2, 0.25) is 0 Å². The number of hydrogen-bond acceptors (Lipinski definition) is 6. The van der Waals surface area contributed by atoms with Crippen LogP contribution in [-0.4, -0.2) is 48.3 Å². The lowest BCUT2D eigenvalue weighted by Crippen LogP contribution is -2.48. The summed E-state index contributed by atoms with van der Waals surface area (Å²) in [4.78, 5) is 7.15. The van der Waals surface area contributed by atoms with Gasteiger partial charge in [0.05, 0.1) is 22.9 Å². The van der Waals surface area contributed by atoms with Crippen LogP contribution in [0.3, 0.4) is 0 Å². The molecule has 0 radical (unpaired) electrons. The molecule has 2 aliphatic heterocycles. The number of rotatable bonds is 3. The predicted molar refractivity (Wildman–Crippen MR) is 86.9 cm³/mol. The van der Waals surface area contributed by atoms with Crippen molar-refractivity contribution in [3.05, 3.63) is 18.2 Å². The van der Waals surface area contributed by atoms with E-state index in [1.807, 2.05) is 18.2 Å². The molecule has 2 aliphatic rings. The van der Waals surface area contributed by atoms with E-state index >= 15 is 0 Å². The summed E-state index contributed by atoms with van der Waals surface area (Å²) in [5.74, 6) is 0. The Morgan fingerprint density at radius 3 is 3.38 bits per heavy atom. The van der Waals surface area contributed by atoms with Crippen molar-refractivity contribution in [1.29, 1.82) is 0 Å². The largest absolute Gasteiger partial charge is 0.399 e. The first-order chi connectivity index (χ1) is 10.3. The van der Waals surface area contributed by atoms with Crippen LogP contribution in [0.5, 0.6) is 0 Å². The maximum atomic E-state index is 5.96. The Hall–Kier alpha value is -1.37. The van der Waals surface area contributed by atoms with Gasteiger partial charge >= 0.3 is 0 Å². The van der Waals surface area contributed by atoms with Crippen LogP contribution in [0.2, 0.25) is 0 Å². The average molecular weight is 304 g/mol. The fourth-order valence-corrected chi connectivity index (χ4v) is 4.15. The Morgan fingerprint density at radius 1 is 1.48 bits per heavy atom. The monoisotopic (exact) mass is 304 g/mol. The van der Waals surface area contributed by atoms with Crippen LogP contribution < -0.4 is 11.1 Å². The van der Waals surface area contributed by atoms with Gasteiger partial charge in [-0.05, 0) is 37.6 Å². The van der Waals surface area contributed by atoms with Crippen molar-refractivity contribution in [3.63, 3.8) is 0 Å². The molecule has 0 saturated carbocycles. The van der Waals surface area contributed by atoms with Gasteiger partial charge in [0.1, 0.15) is 0 Å². The van der Waals surface area contributed by atoms with Crippen molar-refractivity contribution in [2.24, 2.45) is 0 Å². The smallest absolute Gasteiger partial charge is 0.183 e. The molecule has 112 valence electrons. The molecule has 6 heteroatoms.